The van der Waals surface area contributed by atoms with Crippen LogP contribution in [0.3, 0.4) is 0 Å². The van der Waals surface area contributed by atoms with Crippen molar-refractivity contribution in [1.82, 2.24) is 0 Å². The molecule has 70 valence electrons. The predicted molar refractivity (Wildman–Crippen MR) is 53.5 cm³/mol. The fraction of sp³-hybridized carbons (Fsp3) is 1.00. The Morgan fingerprint density at radius 3 is 1.91 bits per heavy atom. The zero-order valence-electron chi connectivity index (χ0n) is 8.35. The molecule has 11 heavy (non-hydrogen) atoms. The van der Waals surface area contributed by atoms with Crippen LogP contribution in [0.4, 0.5) is 0 Å². The summed E-state index contributed by atoms with van der Waals surface area (Å²) in [6.45, 7) is 6.15. The molecule has 0 heterocycles. The first-order valence-electron chi connectivity index (χ1n) is 3.86. The monoisotopic (exact) mass is 178 g/mol. The summed E-state index contributed by atoms with van der Waals surface area (Å²) in [7, 11) is 2.30. The van der Waals surface area contributed by atoms with Crippen LogP contribution in [0.5, 0.6) is 0 Å². The van der Waals surface area contributed by atoms with Gasteiger partial charge in [0.1, 0.15) is 10.5 Å². The zero-order valence-corrected chi connectivity index (χ0v) is 10.3. The molecule has 0 saturated heterocycles. The van der Waals surface area contributed by atoms with Crippen molar-refractivity contribution in [2.45, 2.75) is 38.8 Å². The summed E-state index contributed by atoms with van der Waals surface area (Å²) < 4.78 is 5.31. The van der Waals surface area contributed by atoms with E-state index in [9.17, 15) is 0 Å². The van der Waals surface area contributed by atoms with E-state index in [1.54, 1.807) is 0 Å². The molecule has 4 heteroatoms. The van der Waals surface area contributed by atoms with Gasteiger partial charge in [0, 0.05) is 6.04 Å². The lowest BCUT2D eigenvalue weighted by atomic mass is 10.0. The third-order valence-electron chi connectivity index (χ3n) is 1.37. The van der Waals surface area contributed by atoms with E-state index < -0.39 is 0 Å². The standard InChI is InChI=1S/C6H17NOSi.CH5N/c1-5(7)4-6(2,3)8-9;1-2/h5H,4,7H2,1-3,9H3;2H2,1H3. The van der Waals surface area contributed by atoms with Crippen molar-refractivity contribution in [2.75, 3.05) is 7.05 Å². The minimum absolute atomic E-state index is 0.000386. The van der Waals surface area contributed by atoms with E-state index in [2.05, 4.69) is 19.6 Å². The molecule has 0 radical (unpaired) electrons. The van der Waals surface area contributed by atoms with Crippen LogP contribution in [0, 0.1) is 0 Å². The molecule has 0 aromatic heterocycles. The van der Waals surface area contributed by atoms with Gasteiger partial charge in [0.05, 0.1) is 5.60 Å². The van der Waals surface area contributed by atoms with Gasteiger partial charge in [0.2, 0.25) is 0 Å². The van der Waals surface area contributed by atoms with Gasteiger partial charge in [-0.3, -0.25) is 0 Å². The summed E-state index contributed by atoms with van der Waals surface area (Å²) in [5.74, 6) is 0. The lowest BCUT2D eigenvalue weighted by molar-refractivity contribution is 0.106. The SMILES string of the molecule is CC(N)CC(C)(C)O[SiH3].CN. The van der Waals surface area contributed by atoms with Crippen LogP contribution in [0.25, 0.3) is 0 Å². The maximum absolute atomic E-state index is 5.59. The van der Waals surface area contributed by atoms with Gasteiger partial charge in [0.25, 0.3) is 0 Å². The molecule has 0 saturated carbocycles. The van der Waals surface area contributed by atoms with E-state index in [4.69, 9.17) is 10.2 Å². The lowest BCUT2D eigenvalue weighted by Crippen LogP contribution is -2.31. The minimum atomic E-state index is 0.000386. The molecule has 3 nitrogen and oxygen atoms in total. The first-order valence-corrected chi connectivity index (χ1v) is 4.68. The Hall–Kier alpha value is 0.0969. The number of nitrogens with two attached hydrogens (primary N) is 2. The Bertz CT molecular complexity index is 86.5. The Morgan fingerprint density at radius 1 is 1.45 bits per heavy atom. The molecule has 0 aromatic carbocycles. The minimum Gasteiger partial charge on any atom is -0.423 e. The average molecular weight is 178 g/mol. The number of hydrogen-bond acceptors (Lipinski definition) is 3. The van der Waals surface area contributed by atoms with Crippen molar-refractivity contribution in [3.05, 3.63) is 0 Å². The molecular weight excluding hydrogens is 156 g/mol. The fourth-order valence-corrected chi connectivity index (χ4v) is 1.03. The second kappa shape index (κ2) is 6.79. The summed E-state index contributed by atoms with van der Waals surface area (Å²) in [6.07, 6.45) is 0.941. The second-order valence-corrected chi connectivity index (χ2v) is 3.55. The molecule has 4 N–H and O–H groups in total. The van der Waals surface area contributed by atoms with Crippen molar-refractivity contribution in [2.24, 2.45) is 11.5 Å². The Balaban J connectivity index is 0. The van der Waals surface area contributed by atoms with Crippen LogP contribution >= 0.6 is 0 Å². The van der Waals surface area contributed by atoms with Gasteiger partial charge < -0.3 is 15.9 Å². The van der Waals surface area contributed by atoms with Crippen LogP contribution < -0.4 is 11.5 Å². The van der Waals surface area contributed by atoms with E-state index >= 15 is 0 Å². The highest BCUT2D eigenvalue weighted by atomic mass is 28.2. The Kier molecular flexibility index (Phi) is 8.43. The molecule has 0 bridgehead atoms. The second-order valence-electron chi connectivity index (χ2n) is 3.15. The van der Waals surface area contributed by atoms with Gasteiger partial charge in [-0.1, -0.05) is 0 Å². The van der Waals surface area contributed by atoms with Gasteiger partial charge in [0.15, 0.2) is 0 Å². The summed E-state index contributed by atoms with van der Waals surface area (Å²) in [5.41, 5.74) is 10.1. The van der Waals surface area contributed by atoms with Gasteiger partial charge >= 0.3 is 0 Å². The Labute approximate surface area is 73.0 Å². The zero-order chi connectivity index (χ0) is 9.49. The smallest absolute Gasteiger partial charge is 0.146 e. The number of rotatable bonds is 3. The van der Waals surface area contributed by atoms with E-state index in [-0.39, 0.29) is 11.6 Å². The van der Waals surface area contributed by atoms with Gasteiger partial charge in [-0.25, -0.2) is 0 Å². The molecule has 0 fully saturated rings. The fourth-order valence-electron chi connectivity index (χ4n) is 0.859. The molecule has 0 aromatic rings. The lowest BCUT2D eigenvalue weighted by Gasteiger charge is -2.25. The van der Waals surface area contributed by atoms with E-state index in [1.165, 1.54) is 7.05 Å². The van der Waals surface area contributed by atoms with Crippen LogP contribution in [-0.4, -0.2) is 29.2 Å². The van der Waals surface area contributed by atoms with E-state index in [0.29, 0.717) is 0 Å². The third kappa shape index (κ3) is 10.1. The summed E-state index contributed by atoms with van der Waals surface area (Å²) in [4.78, 5) is 0. The molecule has 1 unspecified atom stereocenters. The predicted octanol–water partition coefficient (Wildman–Crippen LogP) is -0.626. The van der Waals surface area contributed by atoms with E-state index in [0.717, 1.165) is 16.9 Å². The van der Waals surface area contributed by atoms with Crippen LogP contribution in [0.2, 0.25) is 0 Å². The van der Waals surface area contributed by atoms with Gasteiger partial charge in [-0.15, -0.1) is 0 Å². The topological polar surface area (TPSA) is 61.3 Å². The summed E-state index contributed by atoms with van der Waals surface area (Å²) in [6, 6.07) is 0.244. The van der Waals surface area contributed by atoms with Crippen LogP contribution in [0.15, 0.2) is 0 Å². The maximum atomic E-state index is 5.59. The van der Waals surface area contributed by atoms with Crippen LogP contribution in [-0.2, 0) is 4.43 Å². The molecule has 0 aliphatic carbocycles. The molecule has 0 aliphatic heterocycles. The highest BCUT2D eigenvalue weighted by molar-refractivity contribution is 5.98. The first-order chi connectivity index (χ1) is 4.98. The van der Waals surface area contributed by atoms with Crippen molar-refractivity contribution in [1.29, 1.82) is 0 Å². The Morgan fingerprint density at radius 2 is 1.82 bits per heavy atom. The number of hydrogen-bond donors (Lipinski definition) is 2. The highest BCUT2D eigenvalue weighted by Gasteiger charge is 2.16. The van der Waals surface area contributed by atoms with Crippen LogP contribution in [0.1, 0.15) is 27.2 Å². The average Bonchev–Trinajstić information content (AvgIpc) is 1.90. The molecule has 1 atom stereocenters. The summed E-state index contributed by atoms with van der Waals surface area (Å²) in [5, 5.41) is 0. The normalized spacial score (nSPS) is 13.6. The molecule has 0 aliphatic rings. The summed E-state index contributed by atoms with van der Waals surface area (Å²) >= 11 is 0. The molecule has 0 rings (SSSR count). The van der Waals surface area contributed by atoms with Gasteiger partial charge in [-0.2, -0.15) is 0 Å². The molecule has 0 spiro atoms. The highest BCUT2D eigenvalue weighted by Crippen LogP contribution is 2.13. The van der Waals surface area contributed by atoms with Crippen molar-refractivity contribution < 1.29 is 4.43 Å². The van der Waals surface area contributed by atoms with E-state index in [1.807, 2.05) is 6.92 Å². The third-order valence-corrected chi connectivity index (χ3v) is 2.47. The van der Waals surface area contributed by atoms with Gasteiger partial charge in [-0.05, 0) is 34.2 Å². The van der Waals surface area contributed by atoms with Crippen molar-refractivity contribution in [3.8, 4) is 0 Å². The first kappa shape index (κ1) is 13.7. The maximum Gasteiger partial charge on any atom is 0.146 e. The molecular formula is C7H22N2OSi. The van der Waals surface area contributed by atoms with Crippen molar-refractivity contribution >= 4 is 10.5 Å². The largest absolute Gasteiger partial charge is 0.423 e. The molecule has 0 amide bonds. The van der Waals surface area contributed by atoms with Crippen molar-refractivity contribution in [3.63, 3.8) is 0 Å². The quantitative estimate of drug-likeness (QED) is 0.566.